The number of furan rings is 1. The van der Waals surface area contributed by atoms with Crippen LogP contribution in [0.3, 0.4) is 0 Å². The van der Waals surface area contributed by atoms with E-state index < -0.39 is 17.7 Å². The van der Waals surface area contributed by atoms with Crippen LogP contribution in [-0.2, 0) is 9.59 Å². The number of aliphatic hydroxyl groups is 1. The molecule has 1 saturated heterocycles. The summed E-state index contributed by atoms with van der Waals surface area (Å²) in [6.07, 6.45) is 1.46. The number of benzene rings is 3. The first-order chi connectivity index (χ1) is 18.1. The first-order valence-electron chi connectivity index (χ1n) is 11.8. The molecule has 0 bridgehead atoms. The van der Waals surface area contributed by atoms with E-state index in [1.807, 2.05) is 42.5 Å². The van der Waals surface area contributed by atoms with Crippen molar-refractivity contribution in [3.8, 4) is 11.5 Å². The summed E-state index contributed by atoms with van der Waals surface area (Å²) in [5, 5.41) is 14.6. The molecule has 3 aromatic carbocycles. The lowest BCUT2D eigenvalue weighted by molar-refractivity contribution is -0.132. The van der Waals surface area contributed by atoms with E-state index in [-0.39, 0.29) is 11.3 Å². The van der Waals surface area contributed by atoms with E-state index in [1.165, 1.54) is 11.2 Å². The van der Waals surface area contributed by atoms with Crippen molar-refractivity contribution in [1.29, 1.82) is 0 Å². The molecule has 0 aliphatic carbocycles. The summed E-state index contributed by atoms with van der Waals surface area (Å²) >= 11 is 0. The van der Waals surface area contributed by atoms with Crippen molar-refractivity contribution in [3.63, 3.8) is 0 Å². The number of para-hydroxylation sites is 1. The molecule has 37 heavy (non-hydrogen) atoms. The number of fused-ring (bicyclic) bond motifs is 1. The minimum Gasteiger partial charge on any atom is -0.507 e. The second-order valence-electron chi connectivity index (χ2n) is 8.58. The highest BCUT2D eigenvalue weighted by molar-refractivity contribution is 6.51. The Bertz CT molecular complexity index is 1490. The Morgan fingerprint density at radius 2 is 1.57 bits per heavy atom. The molecule has 1 amide bonds. The standard InChI is InChI=1S/C29H22N2O6/c32-27(18-8-13-22-24(17-18)37-16-15-36-22)25-26(23-7-4-14-35-23)31(29(34)28(25)33)21-11-9-20(10-12-21)30-19-5-2-1-3-6-19/h1-14,17,26,30,32H,15-16H2/b27-25-. The van der Waals surface area contributed by atoms with Gasteiger partial charge in [-0.1, -0.05) is 18.2 Å². The Morgan fingerprint density at radius 3 is 2.30 bits per heavy atom. The van der Waals surface area contributed by atoms with Crippen LogP contribution >= 0.6 is 0 Å². The SMILES string of the molecule is O=C1C(=O)N(c2ccc(Nc3ccccc3)cc2)C(c2ccco2)/C1=C(/O)c1ccc2c(c1)OCCO2. The summed E-state index contributed by atoms with van der Waals surface area (Å²) in [6.45, 7) is 0.810. The predicted octanol–water partition coefficient (Wildman–Crippen LogP) is 5.42. The quantitative estimate of drug-likeness (QED) is 0.217. The molecular weight excluding hydrogens is 472 g/mol. The third-order valence-corrected chi connectivity index (χ3v) is 6.28. The molecule has 8 nitrogen and oxygen atoms in total. The zero-order valence-corrected chi connectivity index (χ0v) is 19.6. The van der Waals surface area contributed by atoms with Crippen molar-refractivity contribution in [1.82, 2.24) is 0 Å². The molecule has 8 heteroatoms. The molecule has 2 N–H and O–H groups in total. The predicted molar refractivity (Wildman–Crippen MR) is 137 cm³/mol. The van der Waals surface area contributed by atoms with Gasteiger partial charge in [0.1, 0.15) is 30.8 Å². The van der Waals surface area contributed by atoms with Crippen molar-refractivity contribution in [2.75, 3.05) is 23.4 Å². The van der Waals surface area contributed by atoms with Crippen LogP contribution in [0.15, 0.2) is 101 Å². The smallest absolute Gasteiger partial charge is 0.300 e. The largest absolute Gasteiger partial charge is 0.507 e. The summed E-state index contributed by atoms with van der Waals surface area (Å²) in [7, 11) is 0. The highest BCUT2D eigenvalue weighted by Gasteiger charge is 2.48. The van der Waals surface area contributed by atoms with E-state index in [9.17, 15) is 14.7 Å². The Labute approximate surface area is 212 Å². The van der Waals surface area contributed by atoms with Crippen LogP contribution < -0.4 is 19.7 Å². The fourth-order valence-corrected chi connectivity index (χ4v) is 4.55. The number of amides is 1. The van der Waals surface area contributed by atoms with Gasteiger partial charge in [-0.25, -0.2) is 0 Å². The highest BCUT2D eigenvalue weighted by Crippen LogP contribution is 2.43. The van der Waals surface area contributed by atoms with E-state index >= 15 is 0 Å². The number of nitrogens with zero attached hydrogens (tertiary/aromatic N) is 1. The van der Waals surface area contributed by atoms with Crippen LogP contribution in [0, 0.1) is 0 Å². The number of ketones is 1. The minimum atomic E-state index is -0.948. The Hall–Kier alpha value is -4.98. The van der Waals surface area contributed by atoms with Crippen LogP contribution in [0.4, 0.5) is 17.1 Å². The van der Waals surface area contributed by atoms with Crippen LogP contribution in [-0.4, -0.2) is 30.0 Å². The van der Waals surface area contributed by atoms with Crippen LogP contribution in [0.5, 0.6) is 11.5 Å². The maximum Gasteiger partial charge on any atom is 0.300 e. The fraction of sp³-hybridized carbons (Fsp3) is 0.103. The number of hydrogen-bond acceptors (Lipinski definition) is 7. The molecule has 0 spiro atoms. The maximum absolute atomic E-state index is 13.3. The molecule has 6 rings (SSSR count). The topological polar surface area (TPSA) is 101 Å². The fourth-order valence-electron chi connectivity index (χ4n) is 4.55. The maximum atomic E-state index is 13.3. The molecule has 0 saturated carbocycles. The summed E-state index contributed by atoms with van der Waals surface area (Å²) in [6, 6.07) is 24.1. The van der Waals surface area contributed by atoms with Gasteiger partial charge in [0.05, 0.1) is 11.8 Å². The molecule has 1 atom stereocenters. The van der Waals surface area contributed by atoms with Gasteiger partial charge in [0.15, 0.2) is 11.5 Å². The Kier molecular flexibility index (Phi) is 5.61. The molecule has 1 aromatic heterocycles. The summed E-state index contributed by atoms with van der Waals surface area (Å²) in [4.78, 5) is 27.9. The highest BCUT2D eigenvalue weighted by atomic mass is 16.6. The van der Waals surface area contributed by atoms with Gasteiger partial charge in [0, 0.05) is 22.6 Å². The van der Waals surface area contributed by atoms with Gasteiger partial charge in [-0.2, -0.15) is 0 Å². The van der Waals surface area contributed by atoms with Crippen molar-refractivity contribution in [3.05, 3.63) is 108 Å². The number of rotatable bonds is 5. The molecule has 2 aliphatic heterocycles. The zero-order valence-electron chi connectivity index (χ0n) is 19.6. The van der Waals surface area contributed by atoms with Gasteiger partial charge in [-0.3, -0.25) is 14.5 Å². The molecule has 2 aliphatic rings. The lowest BCUT2D eigenvalue weighted by Gasteiger charge is -2.24. The van der Waals surface area contributed by atoms with E-state index in [2.05, 4.69) is 5.32 Å². The van der Waals surface area contributed by atoms with Gasteiger partial charge in [-0.05, 0) is 66.7 Å². The monoisotopic (exact) mass is 494 g/mol. The van der Waals surface area contributed by atoms with Gasteiger partial charge in [-0.15, -0.1) is 0 Å². The molecule has 184 valence electrons. The van der Waals surface area contributed by atoms with Crippen molar-refractivity contribution < 1.29 is 28.6 Å². The number of ether oxygens (including phenoxy) is 2. The van der Waals surface area contributed by atoms with Crippen LogP contribution in [0.1, 0.15) is 17.4 Å². The van der Waals surface area contributed by atoms with E-state index in [0.717, 1.165) is 11.4 Å². The number of Topliss-reactive ketones (excluding diaryl/α,β-unsaturated/α-hetero) is 1. The minimum absolute atomic E-state index is 0.0666. The number of anilines is 3. The first-order valence-corrected chi connectivity index (χ1v) is 11.8. The summed E-state index contributed by atoms with van der Waals surface area (Å²) in [5.41, 5.74) is 2.50. The average molecular weight is 495 g/mol. The lowest BCUT2D eigenvalue weighted by Crippen LogP contribution is -2.29. The van der Waals surface area contributed by atoms with E-state index in [4.69, 9.17) is 13.9 Å². The third kappa shape index (κ3) is 4.08. The van der Waals surface area contributed by atoms with E-state index in [1.54, 1.807) is 42.5 Å². The Morgan fingerprint density at radius 1 is 0.838 bits per heavy atom. The number of nitrogens with one attached hydrogen (secondary N) is 1. The first kappa shape index (κ1) is 22.5. The van der Waals surface area contributed by atoms with Gasteiger partial charge >= 0.3 is 0 Å². The van der Waals surface area contributed by atoms with Crippen LogP contribution in [0.2, 0.25) is 0 Å². The molecular formula is C29H22N2O6. The normalized spacial score (nSPS) is 18.2. The lowest BCUT2D eigenvalue weighted by atomic mass is 9.99. The van der Waals surface area contributed by atoms with Gasteiger partial charge in [0.25, 0.3) is 11.7 Å². The van der Waals surface area contributed by atoms with Gasteiger partial charge < -0.3 is 24.3 Å². The summed E-state index contributed by atoms with van der Waals surface area (Å²) in [5.74, 6) is -0.522. The van der Waals surface area contributed by atoms with Crippen molar-refractivity contribution in [2.45, 2.75) is 6.04 Å². The molecule has 1 unspecified atom stereocenters. The molecule has 4 aromatic rings. The number of aliphatic hydroxyl groups excluding tert-OH is 1. The third-order valence-electron chi connectivity index (χ3n) is 6.28. The number of carbonyl (C=O) groups is 2. The average Bonchev–Trinajstić information content (AvgIpc) is 3.56. The van der Waals surface area contributed by atoms with Crippen molar-refractivity contribution in [2.24, 2.45) is 0 Å². The second-order valence-corrected chi connectivity index (χ2v) is 8.58. The molecule has 1 fully saturated rings. The summed E-state index contributed by atoms with van der Waals surface area (Å²) < 4.78 is 16.8. The Balaban J connectivity index is 1.39. The second kappa shape index (κ2) is 9.23. The van der Waals surface area contributed by atoms with Crippen molar-refractivity contribution >= 4 is 34.5 Å². The van der Waals surface area contributed by atoms with E-state index in [0.29, 0.717) is 41.7 Å². The molecule has 3 heterocycles. The zero-order chi connectivity index (χ0) is 25.4. The van der Waals surface area contributed by atoms with Crippen LogP contribution in [0.25, 0.3) is 5.76 Å². The number of hydrogen-bond donors (Lipinski definition) is 2. The molecule has 0 radical (unpaired) electrons. The number of carbonyl (C=O) groups excluding carboxylic acids is 2. The van der Waals surface area contributed by atoms with Gasteiger partial charge in [0.2, 0.25) is 0 Å².